The van der Waals surface area contributed by atoms with Crippen molar-refractivity contribution >= 4 is 23.6 Å². The molecule has 5 aromatic rings. The number of ketones is 1. The zero-order valence-corrected chi connectivity index (χ0v) is 55.8. The Morgan fingerprint density at radius 1 is 0.640 bits per heavy atom. The number of aliphatic hydroxyl groups excluding tert-OH is 8. The summed E-state index contributed by atoms with van der Waals surface area (Å²) in [5, 5.41) is 122. The van der Waals surface area contributed by atoms with Crippen LogP contribution in [-0.2, 0) is 52.3 Å². The number of halogens is 2. The summed E-state index contributed by atoms with van der Waals surface area (Å²) in [6.45, 7) is 4.19. The van der Waals surface area contributed by atoms with E-state index in [0.717, 1.165) is 32.1 Å². The first-order chi connectivity index (χ1) is 48.1. The number of carbonyl (C=O) groups is 4. The Hall–Kier alpha value is -6.72. The maximum absolute atomic E-state index is 14.8. The number of esters is 1. The van der Waals surface area contributed by atoms with Gasteiger partial charge in [-0.2, -0.15) is 0 Å². The van der Waals surface area contributed by atoms with Gasteiger partial charge >= 0.3 is 11.9 Å². The molecule has 3 aliphatic carbocycles. The van der Waals surface area contributed by atoms with Crippen molar-refractivity contribution in [3.8, 4) is 22.5 Å². The second kappa shape index (κ2) is 33.6. The fourth-order valence-electron chi connectivity index (χ4n) is 15.0. The van der Waals surface area contributed by atoms with Crippen LogP contribution in [0.5, 0.6) is 0 Å². The molecular weight excluding hydrogens is 1310 g/mol. The molecule has 3 saturated carbocycles. The molecule has 30 heteroatoms. The van der Waals surface area contributed by atoms with E-state index in [1.54, 1.807) is 37.3 Å². The number of aliphatic carboxylic acids is 1. The SMILES string of the molecule is CCC1O[C@@H](O[C@@H]2C[C@@H](C(=O)NCCCC(=O)C3C[C@@H](CC)C(O[C@@H]4OC(C)[C@@H](O)[C@H](O)C4O)[C@H](O[C@@H]4O[C@@H](CO)[C@H](O)C(O[C@@H](CC5CCCCC5)C(=O)O)C4OC(=O)c4ccccc4)C3)CC(n3cc(-c4cccc(F)c4)nn3)C2O)C(O)[C@H](n2cc(-c3cccc(F)c3)nn2)[C@H]1O. The number of benzene rings is 3. The van der Waals surface area contributed by atoms with Gasteiger partial charge in [0.05, 0.1) is 61.1 Å². The highest BCUT2D eigenvalue weighted by molar-refractivity contribution is 5.89. The van der Waals surface area contributed by atoms with E-state index in [1.165, 1.54) is 77.2 Å². The summed E-state index contributed by atoms with van der Waals surface area (Å²) in [5.74, 6) is -6.40. The zero-order chi connectivity index (χ0) is 71.1. The number of Topliss-reactive ketones (excluding diaryl/α,β-unsaturated/α-hetero) is 1. The van der Waals surface area contributed by atoms with Crippen molar-refractivity contribution in [1.82, 2.24) is 35.3 Å². The summed E-state index contributed by atoms with van der Waals surface area (Å²) in [7, 11) is 0. The molecule has 3 aliphatic heterocycles. The smallest absolute Gasteiger partial charge is 0.338 e. The summed E-state index contributed by atoms with van der Waals surface area (Å²) in [6.07, 6.45) is -20.2. The van der Waals surface area contributed by atoms with Crippen molar-refractivity contribution in [3.05, 3.63) is 108 Å². The Morgan fingerprint density at radius 2 is 1.28 bits per heavy atom. The van der Waals surface area contributed by atoms with E-state index in [2.05, 4.69) is 25.9 Å². The highest BCUT2D eigenvalue weighted by Gasteiger charge is 2.55. The quantitative estimate of drug-likeness (QED) is 0.0277. The third kappa shape index (κ3) is 17.1. The van der Waals surface area contributed by atoms with Gasteiger partial charge in [0.15, 0.2) is 31.1 Å². The summed E-state index contributed by atoms with van der Waals surface area (Å²) in [4.78, 5) is 56.5. The van der Waals surface area contributed by atoms with Gasteiger partial charge in [-0.05, 0) is 100 Å². The minimum atomic E-state index is -1.78. The molecule has 2 aromatic heterocycles. The number of carboxylic acid groups (broad SMARTS) is 1. The molecule has 10 unspecified atom stereocenters. The van der Waals surface area contributed by atoms with E-state index < -0.39 is 182 Å². The lowest BCUT2D eigenvalue weighted by Crippen LogP contribution is -2.64. The fourth-order valence-corrected chi connectivity index (χ4v) is 15.0. The third-order valence-corrected chi connectivity index (χ3v) is 20.6. The second-order valence-electron chi connectivity index (χ2n) is 27.3. The van der Waals surface area contributed by atoms with E-state index in [9.17, 15) is 73.9 Å². The van der Waals surface area contributed by atoms with Gasteiger partial charge in [-0.25, -0.2) is 27.7 Å². The minimum absolute atomic E-state index is 0.0262. The summed E-state index contributed by atoms with van der Waals surface area (Å²) in [6, 6.07) is 16.9. The number of nitrogens with one attached hydrogen (secondary N) is 1. The summed E-state index contributed by atoms with van der Waals surface area (Å²) in [5.41, 5.74) is 1.36. The van der Waals surface area contributed by atoms with E-state index in [0.29, 0.717) is 17.5 Å². The average molecular weight is 1400 g/mol. The van der Waals surface area contributed by atoms with Crippen LogP contribution in [0.1, 0.15) is 133 Å². The van der Waals surface area contributed by atoms with E-state index in [4.69, 9.17) is 37.9 Å². The van der Waals surface area contributed by atoms with Gasteiger partial charge in [-0.3, -0.25) is 9.59 Å². The number of aromatic nitrogens is 6. The molecule has 3 saturated heterocycles. The van der Waals surface area contributed by atoms with Gasteiger partial charge in [-0.1, -0.05) is 105 Å². The Balaban J connectivity index is 0.817. The van der Waals surface area contributed by atoms with Crippen LogP contribution in [0, 0.1) is 35.3 Å². The number of hydrogen-bond acceptors (Lipinski definition) is 24. The number of aliphatic hydroxyl groups is 8. The van der Waals surface area contributed by atoms with Crippen LogP contribution in [0.3, 0.4) is 0 Å². The van der Waals surface area contributed by atoms with E-state index >= 15 is 0 Å². The van der Waals surface area contributed by atoms with Crippen LogP contribution in [0.25, 0.3) is 22.5 Å². The Morgan fingerprint density at radius 3 is 1.93 bits per heavy atom. The van der Waals surface area contributed by atoms with Crippen LogP contribution in [0.2, 0.25) is 0 Å². The van der Waals surface area contributed by atoms with Crippen molar-refractivity contribution in [2.45, 2.75) is 239 Å². The molecule has 3 aromatic carbocycles. The molecule has 100 heavy (non-hydrogen) atoms. The van der Waals surface area contributed by atoms with E-state index in [1.807, 2.05) is 6.92 Å². The Labute approximate surface area is 575 Å². The predicted octanol–water partition coefficient (Wildman–Crippen LogP) is 3.89. The molecule has 0 radical (unpaired) electrons. The Kier molecular flexibility index (Phi) is 25.0. The number of rotatable bonds is 26. The number of carboxylic acids is 1. The second-order valence-corrected chi connectivity index (χ2v) is 27.3. The molecule has 6 aliphatic rings. The predicted molar refractivity (Wildman–Crippen MR) is 344 cm³/mol. The molecule has 1 amide bonds. The van der Waals surface area contributed by atoms with Gasteiger partial charge < -0.3 is 89.2 Å². The highest BCUT2D eigenvalue weighted by atomic mass is 19.1. The molecular formula is C70H91F2N7O21. The maximum Gasteiger partial charge on any atom is 0.338 e. The van der Waals surface area contributed by atoms with Crippen LogP contribution in [-0.4, -0.2) is 229 Å². The van der Waals surface area contributed by atoms with Crippen LogP contribution >= 0.6 is 0 Å². The first-order valence-electron chi connectivity index (χ1n) is 34.7. The number of hydrogen-bond donors (Lipinski definition) is 10. The number of ether oxygens (including phenoxy) is 8. The van der Waals surface area contributed by atoms with Crippen molar-refractivity contribution in [1.29, 1.82) is 0 Å². The molecule has 0 spiro atoms. The minimum Gasteiger partial charge on any atom is -0.479 e. The van der Waals surface area contributed by atoms with Crippen LogP contribution in [0.15, 0.2) is 91.3 Å². The summed E-state index contributed by atoms with van der Waals surface area (Å²) < 4.78 is 82.0. The third-order valence-electron chi connectivity index (χ3n) is 20.6. The van der Waals surface area contributed by atoms with Gasteiger partial charge in [0.25, 0.3) is 0 Å². The molecule has 546 valence electrons. The van der Waals surface area contributed by atoms with Gasteiger partial charge in [-0.15, -0.1) is 10.2 Å². The van der Waals surface area contributed by atoms with Crippen molar-refractivity contribution in [2.24, 2.45) is 23.7 Å². The Bertz CT molecular complexity index is 3520. The van der Waals surface area contributed by atoms with Gasteiger partial charge in [0, 0.05) is 35.9 Å². The molecule has 11 rings (SSSR count). The monoisotopic (exact) mass is 1400 g/mol. The van der Waals surface area contributed by atoms with Crippen molar-refractivity contribution < 1.29 is 112 Å². The molecule has 5 heterocycles. The van der Waals surface area contributed by atoms with Gasteiger partial charge in [0.2, 0.25) is 5.91 Å². The topological polar surface area (TPSA) is 398 Å². The number of nitrogens with zero attached hydrogens (tertiary/aromatic N) is 6. The molecule has 28 nitrogen and oxygen atoms in total. The normalized spacial score (nSPS) is 34.6. The molecule has 10 N–H and O–H groups in total. The number of amides is 1. The first-order valence-corrected chi connectivity index (χ1v) is 34.7. The largest absolute Gasteiger partial charge is 0.479 e. The van der Waals surface area contributed by atoms with Crippen molar-refractivity contribution in [2.75, 3.05) is 13.2 Å². The molecule has 0 bridgehead atoms. The molecule has 24 atom stereocenters. The molecule has 6 fully saturated rings. The van der Waals surface area contributed by atoms with Crippen LogP contribution in [0.4, 0.5) is 8.78 Å². The lowest BCUT2D eigenvalue weighted by atomic mass is 9.74. The lowest BCUT2D eigenvalue weighted by molar-refractivity contribution is -0.349. The summed E-state index contributed by atoms with van der Waals surface area (Å²) >= 11 is 0. The number of carbonyl (C=O) groups excluding carboxylic acids is 3. The standard InChI is InChI=1S/C70H91F2N7O21/c1-4-37-26-41(30-51(62(37)100-69-61(88)60(87)55(82)35(3)93-69)97-70-64(99-67(92)38-17-10-7-11-18-38)63(58(85)53(34-80)98-70)94-52(66(90)91)25-36-15-8-6-9-16-36)48(81)23-14-24-73-65(89)42-29-47(78-32-45(74-76-78)39-19-12-21-43(71)27-39)56(83)50(31-42)96-68-59(86)54(57(84)49(5-2)95-68)79-33-46(75-77-79)40-20-13-22-44(72)28-40/h7,10-13,17-22,27-28,32-33,35-37,41-42,47,49-64,68-70,80,82-88H,4-6,8-9,14-16,23-26,29-31,34H2,1-3H3,(H,73,89)(H,90,91)/t35?,37-,41?,42+,47?,49?,50-,51-,52+,53+,54-,55-,56?,57+,58+,59?,60+,61?,62?,63?,64?,68+,69+,70-/m1/s1. The van der Waals surface area contributed by atoms with E-state index in [-0.39, 0.29) is 86.6 Å². The first kappa shape index (κ1) is 74.5. The maximum atomic E-state index is 14.8. The van der Waals surface area contributed by atoms with Crippen LogP contribution < -0.4 is 5.32 Å². The fraction of sp³-hybridized carbons (Fsp3) is 0.629. The zero-order valence-electron chi connectivity index (χ0n) is 55.8. The highest BCUT2D eigenvalue weighted by Crippen LogP contribution is 2.43. The van der Waals surface area contributed by atoms with Crippen molar-refractivity contribution in [3.63, 3.8) is 0 Å². The lowest BCUT2D eigenvalue weighted by Gasteiger charge is -2.49. The average Bonchev–Trinajstić information content (AvgIpc) is 0.820. The van der Waals surface area contributed by atoms with Gasteiger partial charge in [0.1, 0.15) is 89.8 Å².